The van der Waals surface area contributed by atoms with Gasteiger partial charge in [0, 0.05) is 19.6 Å². The first-order valence-corrected chi connectivity index (χ1v) is 13.3. The lowest BCUT2D eigenvalue weighted by Gasteiger charge is -2.33. The molecule has 2 saturated heterocycles. The fraction of sp³-hybridized carbons (Fsp3) is 0.727. The van der Waals surface area contributed by atoms with Crippen LogP contribution in [0.1, 0.15) is 48.0 Å². The van der Waals surface area contributed by atoms with E-state index in [4.69, 9.17) is 33.0 Å². The molecule has 1 N–H and O–H groups in total. The third-order valence-electron chi connectivity index (χ3n) is 5.79. The van der Waals surface area contributed by atoms with Gasteiger partial charge in [-0.1, -0.05) is 0 Å². The summed E-state index contributed by atoms with van der Waals surface area (Å²) in [5, 5.41) is 2.93. The molecule has 15 heteroatoms. The number of ether oxygens (including phenoxy) is 3. The van der Waals surface area contributed by atoms with Gasteiger partial charge in [-0.05, 0) is 48.0 Å². The highest BCUT2D eigenvalue weighted by Gasteiger charge is 3.03. The lowest BCUT2D eigenvalue weighted by atomic mass is 9.97. The molecule has 1 atom stereocenters. The molecule has 0 radical (unpaired) electrons. The summed E-state index contributed by atoms with van der Waals surface area (Å²) in [5.41, 5.74) is -4.63. The highest BCUT2D eigenvalue weighted by molar-refractivity contribution is 7.68. The lowest BCUT2D eigenvalue weighted by molar-refractivity contribution is -0.530. The van der Waals surface area contributed by atoms with E-state index in [1.54, 1.807) is 46.4 Å². The minimum atomic E-state index is -3.63. The molecular formula is C22H31N2O12P. The first-order valence-electron chi connectivity index (χ1n) is 11.8. The fourth-order valence-electron chi connectivity index (χ4n) is 3.48. The van der Waals surface area contributed by atoms with Crippen LogP contribution in [0.15, 0.2) is 9.59 Å². The van der Waals surface area contributed by atoms with Crippen LogP contribution in [0, 0.1) is 10.8 Å². The van der Waals surface area contributed by atoms with E-state index >= 15 is 0 Å². The Kier molecular flexibility index (Phi) is 6.84. The van der Waals surface area contributed by atoms with E-state index in [1.807, 2.05) is 0 Å². The van der Waals surface area contributed by atoms with Crippen LogP contribution < -0.4 is 21.1 Å². The maximum Gasteiger partial charge on any atom is 0.427 e. The van der Waals surface area contributed by atoms with Crippen LogP contribution in [0.4, 0.5) is 11.4 Å². The van der Waals surface area contributed by atoms with Gasteiger partial charge in [0.25, 0.3) is 10.9 Å². The molecule has 0 aromatic heterocycles. The molecular weight excluding hydrogens is 515 g/mol. The number of esters is 2. The first kappa shape index (κ1) is 27.7. The van der Waals surface area contributed by atoms with Crippen LogP contribution in [-0.4, -0.2) is 56.5 Å². The van der Waals surface area contributed by atoms with Gasteiger partial charge in [0.1, 0.15) is 11.4 Å². The maximum absolute atomic E-state index is 12.8. The normalized spacial score (nSPS) is 26.3. The Morgan fingerprint density at radius 2 is 1.68 bits per heavy atom. The Morgan fingerprint density at radius 1 is 1.05 bits per heavy atom. The molecule has 0 amide bonds. The Labute approximate surface area is 212 Å². The van der Waals surface area contributed by atoms with E-state index in [1.165, 1.54) is 0 Å². The van der Waals surface area contributed by atoms with Crippen LogP contribution in [0.3, 0.4) is 0 Å². The van der Waals surface area contributed by atoms with Gasteiger partial charge in [-0.2, -0.15) is 4.89 Å². The summed E-state index contributed by atoms with van der Waals surface area (Å²) in [6.45, 7) is 9.69. The van der Waals surface area contributed by atoms with Crippen molar-refractivity contribution < 1.29 is 47.2 Å². The zero-order chi connectivity index (χ0) is 27.4. The number of carbonyl (C=O) groups is 2. The second kappa shape index (κ2) is 9.14. The van der Waals surface area contributed by atoms with E-state index in [9.17, 15) is 23.7 Å². The summed E-state index contributed by atoms with van der Waals surface area (Å²) in [6.07, 6.45) is 0.641. The minimum Gasteiger partial charge on any atom is -0.435 e. The molecule has 4 rings (SSSR count). The quantitative estimate of drug-likeness (QED) is 0.0655. The van der Waals surface area contributed by atoms with Gasteiger partial charge in [-0.3, -0.25) is 32.8 Å². The molecule has 0 spiro atoms. The third kappa shape index (κ3) is 4.93. The van der Waals surface area contributed by atoms with E-state index in [-0.39, 0.29) is 24.5 Å². The maximum atomic E-state index is 12.8. The number of fused-ring (bicyclic) bond motifs is 2. The highest BCUT2D eigenvalue weighted by Crippen LogP contribution is 3.00. The molecule has 3 aliphatic rings. The molecule has 0 aliphatic carbocycles. The standard InChI is InChI=1S/C22H31N2O12P/c1-19(2,3)17(27)30-12-32-34-21(22-35-37(22,29)36-22,33-18(28)20(4,5)6)31-11-10-24-9-7-8-23-13-14(24)16(26)15(13)25/h23H,7-12H2,1-6H3. The van der Waals surface area contributed by atoms with Gasteiger partial charge in [0.05, 0.1) is 17.4 Å². The Hall–Kier alpha value is -2.35. The lowest BCUT2D eigenvalue weighted by Crippen LogP contribution is -2.53. The average molecular weight is 546 g/mol. The smallest absolute Gasteiger partial charge is 0.427 e. The van der Waals surface area contributed by atoms with Crippen LogP contribution in [0.2, 0.25) is 0 Å². The van der Waals surface area contributed by atoms with E-state index < -0.39 is 59.5 Å². The third-order valence-corrected chi connectivity index (χ3v) is 7.63. The molecule has 1 aromatic rings. The van der Waals surface area contributed by atoms with Crippen molar-refractivity contribution in [2.75, 3.05) is 43.3 Å². The molecule has 0 bridgehead atoms. The number of anilines is 2. The molecule has 1 unspecified atom stereocenters. The van der Waals surface area contributed by atoms with Gasteiger partial charge in [-0.15, -0.1) is 4.89 Å². The number of nitrogens with one attached hydrogen (secondary N) is 1. The number of hydrogen-bond acceptors (Lipinski definition) is 14. The van der Waals surface area contributed by atoms with Crippen molar-refractivity contribution in [3.8, 4) is 0 Å². The summed E-state index contributed by atoms with van der Waals surface area (Å²) in [6, 6.07) is 0. The summed E-state index contributed by atoms with van der Waals surface area (Å²) in [7, 11) is -3.63. The molecule has 3 heterocycles. The number of nitrogens with zero attached hydrogens (tertiary/aromatic N) is 1. The number of hydrogen-bond donors (Lipinski definition) is 1. The summed E-state index contributed by atoms with van der Waals surface area (Å²) < 4.78 is 39.0. The Balaban J connectivity index is 1.50. The van der Waals surface area contributed by atoms with Crippen molar-refractivity contribution in [1.29, 1.82) is 0 Å². The van der Waals surface area contributed by atoms with E-state index in [2.05, 4.69) is 5.32 Å². The Bertz CT molecular complexity index is 1200. The molecule has 0 saturated carbocycles. The second-order valence-corrected chi connectivity index (χ2v) is 12.9. The second-order valence-electron chi connectivity index (χ2n) is 11.0. The number of carbonyl (C=O) groups excluding carboxylic acids is 2. The van der Waals surface area contributed by atoms with Gasteiger partial charge < -0.3 is 24.4 Å². The summed E-state index contributed by atoms with van der Waals surface area (Å²) >= 11 is 0. The highest BCUT2D eigenvalue weighted by atomic mass is 31.2. The first-order chi connectivity index (χ1) is 17.1. The van der Waals surface area contributed by atoms with Gasteiger partial charge in [0.15, 0.2) is 0 Å². The van der Waals surface area contributed by atoms with Crippen LogP contribution in [0.5, 0.6) is 0 Å². The molecule has 3 aliphatic heterocycles. The SMILES string of the molecule is CC(C)(C)C(=O)OCOOC(OCCN1CCCNc2c1c(=O)c2=O)(OC(=O)C(C)(C)C)C12OP1(=O)O2. The monoisotopic (exact) mass is 546 g/mol. The minimum absolute atomic E-state index is 0.0666. The van der Waals surface area contributed by atoms with Crippen molar-refractivity contribution in [2.24, 2.45) is 10.8 Å². The average Bonchev–Trinajstić information content (AvgIpc) is 3.62. The van der Waals surface area contributed by atoms with Crippen molar-refractivity contribution in [3.05, 3.63) is 20.4 Å². The summed E-state index contributed by atoms with van der Waals surface area (Å²) in [4.78, 5) is 60.8. The zero-order valence-electron chi connectivity index (χ0n) is 21.5. The fourth-order valence-corrected chi connectivity index (χ4v) is 5.17. The Morgan fingerprint density at radius 3 is 2.24 bits per heavy atom. The molecule has 206 valence electrons. The molecule has 2 fully saturated rings. The number of rotatable bonds is 10. The van der Waals surface area contributed by atoms with Gasteiger partial charge >= 0.3 is 31.0 Å². The molecule has 1 aromatic carbocycles. The zero-order valence-corrected chi connectivity index (χ0v) is 22.4. The molecule has 14 nitrogen and oxygen atoms in total. The van der Waals surface area contributed by atoms with Crippen molar-refractivity contribution in [1.82, 2.24) is 0 Å². The predicted octanol–water partition coefficient (Wildman–Crippen LogP) is 1.57. The van der Waals surface area contributed by atoms with Crippen LogP contribution >= 0.6 is 7.60 Å². The van der Waals surface area contributed by atoms with Crippen molar-refractivity contribution in [2.45, 2.75) is 59.5 Å². The van der Waals surface area contributed by atoms with Gasteiger partial charge in [0.2, 0.25) is 6.79 Å². The predicted molar refractivity (Wildman–Crippen MR) is 126 cm³/mol. The topological polar surface area (TPSA) is 172 Å². The largest absolute Gasteiger partial charge is 0.435 e. The van der Waals surface area contributed by atoms with Crippen LogP contribution in [0.25, 0.3) is 0 Å². The van der Waals surface area contributed by atoms with E-state index in [0.717, 1.165) is 0 Å². The van der Waals surface area contributed by atoms with Gasteiger partial charge in [-0.25, -0.2) is 0 Å². The van der Waals surface area contributed by atoms with Crippen LogP contribution in [-0.2, 0) is 47.2 Å². The van der Waals surface area contributed by atoms with Crippen molar-refractivity contribution in [3.63, 3.8) is 0 Å². The van der Waals surface area contributed by atoms with Crippen molar-refractivity contribution >= 4 is 30.9 Å². The van der Waals surface area contributed by atoms with E-state index in [0.29, 0.717) is 19.5 Å². The summed E-state index contributed by atoms with van der Waals surface area (Å²) in [5.74, 6) is -3.98. The molecule has 37 heavy (non-hydrogen) atoms.